The Balaban J connectivity index is 1.90. The number of aromatic nitrogens is 2. The molecule has 6 heteroatoms. The van der Waals surface area contributed by atoms with Gasteiger partial charge in [0.2, 0.25) is 0 Å². The Hall–Kier alpha value is -3.41. The molecule has 0 atom stereocenters. The molecule has 0 unspecified atom stereocenters. The number of nitrogens with one attached hydrogen (secondary N) is 2. The van der Waals surface area contributed by atoms with Crippen molar-refractivity contribution in [2.24, 2.45) is 0 Å². The Bertz CT molecular complexity index is 925. The molecule has 3 rings (SSSR count). The Morgan fingerprint density at radius 3 is 2.08 bits per heavy atom. The van der Waals surface area contributed by atoms with Gasteiger partial charge in [-0.15, -0.1) is 0 Å². The van der Waals surface area contributed by atoms with Gasteiger partial charge in [0.15, 0.2) is 0 Å². The molecule has 0 radical (unpaired) electrons. The quantitative estimate of drug-likeness (QED) is 0.645. The summed E-state index contributed by atoms with van der Waals surface area (Å²) in [5.41, 5.74) is 2.73. The molecule has 6 nitrogen and oxygen atoms in total. The zero-order valence-electron chi connectivity index (χ0n) is 13.9. The summed E-state index contributed by atoms with van der Waals surface area (Å²) in [6.07, 6.45) is 0. The van der Waals surface area contributed by atoms with Crippen LogP contribution in [0.3, 0.4) is 0 Å². The molecule has 0 bridgehead atoms. The highest BCUT2D eigenvalue weighted by atomic mass is 16.4. The van der Waals surface area contributed by atoms with Crippen LogP contribution in [0.1, 0.15) is 21.7 Å². The summed E-state index contributed by atoms with van der Waals surface area (Å²) in [6, 6.07) is 16.4. The maximum atomic E-state index is 11.3. The molecule has 0 saturated heterocycles. The van der Waals surface area contributed by atoms with Crippen LogP contribution in [0.25, 0.3) is 0 Å². The highest BCUT2D eigenvalue weighted by Crippen LogP contribution is 2.24. The third kappa shape index (κ3) is 3.92. The Morgan fingerprint density at radius 1 is 0.880 bits per heavy atom. The van der Waals surface area contributed by atoms with Crippen molar-refractivity contribution >= 4 is 29.0 Å². The number of hydrogen-bond acceptors (Lipinski definition) is 5. The van der Waals surface area contributed by atoms with Crippen LogP contribution < -0.4 is 10.6 Å². The smallest absolute Gasteiger partial charge is 0.337 e. The molecule has 0 fully saturated rings. The van der Waals surface area contributed by atoms with Crippen molar-refractivity contribution in [2.45, 2.75) is 13.8 Å². The molecule has 3 N–H and O–H groups in total. The molecule has 0 aliphatic rings. The predicted octanol–water partition coefficient (Wildman–Crippen LogP) is 4.28. The first kappa shape index (κ1) is 16.4. The first-order valence-corrected chi connectivity index (χ1v) is 7.80. The van der Waals surface area contributed by atoms with E-state index in [1.165, 1.54) is 0 Å². The summed E-state index contributed by atoms with van der Waals surface area (Å²) in [4.78, 5) is 20.1. The average Bonchev–Trinajstić information content (AvgIpc) is 2.57. The van der Waals surface area contributed by atoms with Crippen molar-refractivity contribution in [3.63, 3.8) is 0 Å². The summed E-state index contributed by atoms with van der Waals surface area (Å²) in [7, 11) is 0. The third-order valence-corrected chi connectivity index (χ3v) is 3.67. The van der Waals surface area contributed by atoms with Crippen LogP contribution in [-0.2, 0) is 0 Å². The van der Waals surface area contributed by atoms with E-state index in [0.29, 0.717) is 23.1 Å². The molecule has 0 aliphatic heterocycles. The summed E-state index contributed by atoms with van der Waals surface area (Å²) in [6.45, 7) is 3.80. The maximum absolute atomic E-state index is 11.3. The van der Waals surface area contributed by atoms with Crippen LogP contribution in [0.2, 0.25) is 0 Å². The summed E-state index contributed by atoms with van der Waals surface area (Å²) in [5, 5.41) is 15.6. The van der Waals surface area contributed by atoms with Crippen LogP contribution in [0, 0.1) is 13.8 Å². The van der Waals surface area contributed by atoms with Crippen LogP contribution in [0.5, 0.6) is 0 Å². The number of anilines is 4. The molecular formula is C19H18N4O2. The first-order chi connectivity index (χ1) is 12.0. The number of nitrogens with zero attached hydrogens (tertiary/aromatic N) is 2. The van der Waals surface area contributed by atoms with E-state index in [1.807, 2.05) is 31.2 Å². The average molecular weight is 334 g/mol. The molecule has 0 saturated carbocycles. The fraction of sp³-hybridized carbons (Fsp3) is 0.105. The molecular weight excluding hydrogens is 316 g/mol. The van der Waals surface area contributed by atoms with E-state index in [9.17, 15) is 9.90 Å². The Labute approximate surface area is 145 Å². The monoisotopic (exact) mass is 334 g/mol. The predicted molar refractivity (Wildman–Crippen MR) is 97.9 cm³/mol. The van der Waals surface area contributed by atoms with Crippen LogP contribution in [0.15, 0.2) is 54.6 Å². The highest BCUT2D eigenvalue weighted by Gasteiger charge is 2.11. The third-order valence-electron chi connectivity index (χ3n) is 3.67. The van der Waals surface area contributed by atoms with Gasteiger partial charge in [-0.3, -0.25) is 0 Å². The van der Waals surface area contributed by atoms with E-state index in [1.54, 1.807) is 37.3 Å². The van der Waals surface area contributed by atoms with E-state index in [-0.39, 0.29) is 5.56 Å². The van der Waals surface area contributed by atoms with E-state index in [0.717, 1.165) is 11.3 Å². The van der Waals surface area contributed by atoms with E-state index in [2.05, 4.69) is 20.6 Å². The Morgan fingerprint density at radius 2 is 1.44 bits per heavy atom. The topological polar surface area (TPSA) is 87.1 Å². The van der Waals surface area contributed by atoms with Crippen LogP contribution in [0.4, 0.5) is 23.0 Å². The number of aryl methyl sites for hydroxylation is 2. The minimum absolute atomic E-state index is 0.187. The maximum Gasteiger partial charge on any atom is 0.337 e. The van der Waals surface area contributed by atoms with Crippen LogP contribution in [-0.4, -0.2) is 21.0 Å². The lowest BCUT2D eigenvalue weighted by atomic mass is 10.2. The first-order valence-electron chi connectivity index (χ1n) is 7.80. The highest BCUT2D eigenvalue weighted by molar-refractivity contribution is 5.95. The van der Waals surface area contributed by atoms with Gasteiger partial charge in [0, 0.05) is 11.8 Å². The normalized spacial score (nSPS) is 10.3. The van der Waals surface area contributed by atoms with Gasteiger partial charge in [0.25, 0.3) is 0 Å². The lowest BCUT2D eigenvalue weighted by Gasteiger charge is -2.12. The lowest BCUT2D eigenvalue weighted by molar-refractivity contribution is 0.0698. The minimum Gasteiger partial charge on any atom is -0.478 e. The van der Waals surface area contributed by atoms with Crippen molar-refractivity contribution in [3.05, 3.63) is 71.5 Å². The number of carbonyl (C=O) groups is 1. The molecule has 1 heterocycles. The van der Waals surface area contributed by atoms with E-state index in [4.69, 9.17) is 0 Å². The molecule has 0 amide bonds. The molecule has 0 aliphatic carbocycles. The van der Waals surface area contributed by atoms with E-state index < -0.39 is 5.97 Å². The Kier molecular flexibility index (Phi) is 4.61. The molecule has 3 aromatic rings. The number of para-hydroxylation sites is 2. The fourth-order valence-corrected chi connectivity index (χ4v) is 2.46. The lowest BCUT2D eigenvalue weighted by Crippen LogP contribution is -2.05. The van der Waals surface area contributed by atoms with E-state index >= 15 is 0 Å². The molecule has 2 aromatic carbocycles. The number of carboxylic acids is 1. The molecule has 1 aromatic heterocycles. The van der Waals surface area contributed by atoms with Crippen molar-refractivity contribution < 1.29 is 9.90 Å². The van der Waals surface area contributed by atoms with Gasteiger partial charge >= 0.3 is 5.97 Å². The van der Waals surface area contributed by atoms with Crippen molar-refractivity contribution in [1.29, 1.82) is 0 Å². The second kappa shape index (κ2) is 7.00. The molecule has 25 heavy (non-hydrogen) atoms. The molecule has 0 spiro atoms. The fourth-order valence-electron chi connectivity index (χ4n) is 2.46. The number of carboxylic acid groups (broad SMARTS) is 1. The van der Waals surface area contributed by atoms with Crippen molar-refractivity contribution in [2.75, 3.05) is 10.6 Å². The summed E-state index contributed by atoms with van der Waals surface area (Å²) < 4.78 is 0. The van der Waals surface area contributed by atoms with Gasteiger partial charge in [0.1, 0.15) is 17.5 Å². The zero-order chi connectivity index (χ0) is 17.8. The van der Waals surface area contributed by atoms with Gasteiger partial charge in [-0.25, -0.2) is 14.8 Å². The number of aromatic carboxylic acids is 1. The second-order valence-corrected chi connectivity index (χ2v) is 5.60. The standard InChI is InChI=1S/C19H18N4O2/c1-12-7-3-5-9-15(12)22-17-11-18(21-13(2)20-17)23-16-10-6-4-8-14(16)19(24)25/h3-11H,1-2H3,(H,24,25)(H2,20,21,22,23). The van der Waals surface area contributed by atoms with Gasteiger partial charge in [0.05, 0.1) is 11.3 Å². The minimum atomic E-state index is -0.993. The number of rotatable bonds is 5. The van der Waals surface area contributed by atoms with Gasteiger partial charge in [-0.05, 0) is 37.6 Å². The number of benzene rings is 2. The van der Waals surface area contributed by atoms with Crippen LogP contribution >= 0.6 is 0 Å². The van der Waals surface area contributed by atoms with Gasteiger partial charge in [-0.1, -0.05) is 30.3 Å². The molecule has 126 valence electrons. The number of hydrogen-bond donors (Lipinski definition) is 3. The van der Waals surface area contributed by atoms with Gasteiger partial charge in [-0.2, -0.15) is 0 Å². The van der Waals surface area contributed by atoms with Crippen molar-refractivity contribution in [1.82, 2.24) is 9.97 Å². The van der Waals surface area contributed by atoms with Gasteiger partial charge < -0.3 is 15.7 Å². The summed E-state index contributed by atoms with van der Waals surface area (Å²) >= 11 is 0. The SMILES string of the molecule is Cc1nc(Nc2ccccc2C)cc(Nc2ccccc2C(=O)O)n1. The van der Waals surface area contributed by atoms with Crippen molar-refractivity contribution in [3.8, 4) is 0 Å². The zero-order valence-corrected chi connectivity index (χ0v) is 13.9. The largest absolute Gasteiger partial charge is 0.478 e. The summed E-state index contributed by atoms with van der Waals surface area (Å²) in [5.74, 6) is 0.746. The second-order valence-electron chi connectivity index (χ2n) is 5.60.